The van der Waals surface area contributed by atoms with Crippen LogP contribution in [0.4, 0.5) is 5.69 Å². The van der Waals surface area contributed by atoms with Gasteiger partial charge in [0.05, 0.1) is 18.2 Å². The molecule has 0 aliphatic heterocycles. The first-order valence-corrected chi connectivity index (χ1v) is 12.0. The Morgan fingerprint density at radius 3 is 2.87 bits per heavy atom. The van der Waals surface area contributed by atoms with E-state index in [4.69, 9.17) is 9.72 Å². The number of aromatic nitrogens is 2. The predicted molar refractivity (Wildman–Crippen MR) is 125 cm³/mol. The summed E-state index contributed by atoms with van der Waals surface area (Å²) in [5.74, 6) is 0.653. The van der Waals surface area contributed by atoms with Gasteiger partial charge >= 0.3 is 0 Å². The topological polar surface area (TPSA) is 73.2 Å². The molecule has 1 aromatic carbocycles. The van der Waals surface area contributed by atoms with Crippen LogP contribution in [0, 0.1) is 0 Å². The van der Waals surface area contributed by atoms with Crippen LogP contribution in [0.5, 0.6) is 5.75 Å². The molecule has 4 rings (SSSR count). The Balaban J connectivity index is 1.57. The standard InChI is InChI=1S/C21H19N3O3S3/c1-3-24-20(26)18-15(16-8-5-9-28-16)11-29-19(18)23-21(24)30-12-17(25)22-13-6-4-7-14(10-13)27-2/h4-11H,3,12H2,1-2H3,(H,22,25). The highest BCUT2D eigenvalue weighted by Crippen LogP contribution is 2.34. The number of anilines is 1. The van der Waals surface area contributed by atoms with Crippen molar-refractivity contribution in [3.8, 4) is 16.2 Å². The van der Waals surface area contributed by atoms with E-state index in [1.807, 2.05) is 41.9 Å². The summed E-state index contributed by atoms with van der Waals surface area (Å²) in [7, 11) is 1.58. The Labute approximate surface area is 185 Å². The van der Waals surface area contributed by atoms with E-state index in [1.165, 1.54) is 23.1 Å². The van der Waals surface area contributed by atoms with E-state index in [1.54, 1.807) is 35.1 Å². The van der Waals surface area contributed by atoms with Crippen molar-refractivity contribution in [3.63, 3.8) is 0 Å². The number of carbonyl (C=O) groups is 1. The summed E-state index contributed by atoms with van der Waals surface area (Å²) in [5, 5.41) is 8.02. The van der Waals surface area contributed by atoms with Crippen molar-refractivity contribution in [2.45, 2.75) is 18.6 Å². The van der Waals surface area contributed by atoms with Crippen LogP contribution >= 0.6 is 34.4 Å². The molecule has 0 bridgehead atoms. The van der Waals surface area contributed by atoms with Crippen LogP contribution < -0.4 is 15.6 Å². The average Bonchev–Trinajstić information content (AvgIpc) is 3.42. The molecule has 1 amide bonds. The van der Waals surface area contributed by atoms with Crippen molar-refractivity contribution in [3.05, 3.63) is 57.5 Å². The molecule has 0 atom stereocenters. The zero-order valence-corrected chi connectivity index (χ0v) is 18.8. The molecule has 1 N–H and O–H groups in total. The van der Waals surface area contributed by atoms with Crippen LogP contribution in [-0.2, 0) is 11.3 Å². The van der Waals surface area contributed by atoms with Crippen LogP contribution in [0.15, 0.2) is 57.1 Å². The van der Waals surface area contributed by atoms with Gasteiger partial charge in [-0.2, -0.15) is 0 Å². The molecule has 6 nitrogen and oxygen atoms in total. The van der Waals surface area contributed by atoms with Crippen molar-refractivity contribution in [1.82, 2.24) is 9.55 Å². The minimum Gasteiger partial charge on any atom is -0.497 e. The largest absolute Gasteiger partial charge is 0.497 e. The lowest BCUT2D eigenvalue weighted by Crippen LogP contribution is -2.23. The normalized spacial score (nSPS) is 11.0. The van der Waals surface area contributed by atoms with Gasteiger partial charge in [0.15, 0.2) is 5.16 Å². The van der Waals surface area contributed by atoms with Crippen LogP contribution in [-0.4, -0.2) is 28.3 Å². The molecule has 9 heteroatoms. The highest BCUT2D eigenvalue weighted by molar-refractivity contribution is 7.99. The number of ether oxygens (including phenoxy) is 1. The van der Waals surface area contributed by atoms with E-state index in [-0.39, 0.29) is 17.2 Å². The van der Waals surface area contributed by atoms with Crippen LogP contribution in [0.25, 0.3) is 20.7 Å². The van der Waals surface area contributed by atoms with Gasteiger partial charge in [-0.25, -0.2) is 4.98 Å². The lowest BCUT2D eigenvalue weighted by Gasteiger charge is -2.11. The Bertz CT molecular complexity index is 1250. The highest BCUT2D eigenvalue weighted by atomic mass is 32.2. The molecule has 154 valence electrons. The second-order valence-electron chi connectivity index (χ2n) is 6.32. The van der Waals surface area contributed by atoms with Gasteiger partial charge in [-0.05, 0) is 30.5 Å². The fourth-order valence-electron chi connectivity index (χ4n) is 3.04. The Morgan fingerprint density at radius 1 is 1.27 bits per heavy atom. The number of methoxy groups -OCH3 is 1. The fourth-order valence-corrected chi connectivity index (χ4v) is 5.70. The summed E-state index contributed by atoms with van der Waals surface area (Å²) in [6, 6.07) is 11.2. The molecule has 4 aromatic rings. The number of thioether (sulfide) groups is 1. The second-order valence-corrected chi connectivity index (χ2v) is 9.07. The van der Waals surface area contributed by atoms with Gasteiger partial charge in [-0.1, -0.05) is 23.9 Å². The molecule has 0 unspecified atom stereocenters. The lowest BCUT2D eigenvalue weighted by atomic mass is 10.2. The smallest absolute Gasteiger partial charge is 0.263 e. The van der Waals surface area contributed by atoms with Gasteiger partial charge in [0.25, 0.3) is 5.56 Å². The minimum absolute atomic E-state index is 0.0668. The summed E-state index contributed by atoms with van der Waals surface area (Å²) in [6.45, 7) is 2.40. The van der Waals surface area contributed by atoms with Crippen molar-refractivity contribution in [1.29, 1.82) is 0 Å². The van der Waals surface area contributed by atoms with Gasteiger partial charge in [0.2, 0.25) is 5.91 Å². The Morgan fingerprint density at radius 2 is 2.13 bits per heavy atom. The monoisotopic (exact) mass is 457 g/mol. The van der Waals surface area contributed by atoms with Crippen molar-refractivity contribution in [2.24, 2.45) is 0 Å². The molecule has 0 aliphatic rings. The molecule has 0 saturated carbocycles. The lowest BCUT2D eigenvalue weighted by molar-refractivity contribution is -0.113. The zero-order chi connectivity index (χ0) is 21.1. The molecule has 0 spiro atoms. The second kappa shape index (κ2) is 9.03. The molecule has 0 aliphatic carbocycles. The maximum Gasteiger partial charge on any atom is 0.263 e. The van der Waals surface area contributed by atoms with Crippen LogP contribution in [0.2, 0.25) is 0 Å². The van der Waals surface area contributed by atoms with Gasteiger partial charge in [0.1, 0.15) is 10.6 Å². The Hall–Kier alpha value is -2.62. The van der Waals surface area contributed by atoms with E-state index in [0.717, 1.165) is 10.4 Å². The molecule has 0 saturated heterocycles. The van der Waals surface area contributed by atoms with Crippen molar-refractivity contribution < 1.29 is 9.53 Å². The van der Waals surface area contributed by atoms with Crippen LogP contribution in [0.1, 0.15) is 6.92 Å². The SMILES string of the molecule is CCn1c(SCC(=O)Nc2cccc(OC)c2)nc2scc(-c3cccs3)c2c1=O. The minimum atomic E-state index is -0.171. The summed E-state index contributed by atoms with van der Waals surface area (Å²) in [6.07, 6.45) is 0. The third-order valence-electron chi connectivity index (χ3n) is 4.45. The van der Waals surface area contributed by atoms with E-state index >= 15 is 0 Å². The van der Waals surface area contributed by atoms with E-state index < -0.39 is 0 Å². The molecule has 3 heterocycles. The van der Waals surface area contributed by atoms with E-state index in [9.17, 15) is 9.59 Å². The van der Waals surface area contributed by atoms with Crippen molar-refractivity contribution in [2.75, 3.05) is 18.2 Å². The average molecular weight is 458 g/mol. The third kappa shape index (κ3) is 4.14. The number of hydrogen-bond donors (Lipinski definition) is 1. The van der Waals surface area contributed by atoms with Crippen molar-refractivity contribution >= 4 is 56.2 Å². The predicted octanol–water partition coefficient (Wildman–Crippen LogP) is 4.95. The van der Waals surface area contributed by atoms with E-state index in [0.29, 0.717) is 33.4 Å². The number of amides is 1. The number of thiophene rings is 2. The van der Waals surface area contributed by atoms with Gasteiger partial charge in [-0.15, -0.1) is 22.7 Å². The summed E-state index contributed by atoms with van der Waals surface area (Å²) >= 11 is 4.32. The molecule has 3 aromatic heterocycles. The number of rotatable bonds is 7. The summed E-state index contributed by atoms with van der Waals surface area (Å²) < 4.78 is 6.81. The summed E-state index contributed by atoms with van der Waals surface area (Å²) in [4.78, 5) is 32.0. The molecule has 0 radical (unpaired) electrons. The van der Waals surface area contributed by atoms with Gasteiger partial charge < -0.3 is 10.1 Å². The first-order valence-electron chi connectivity index (χ1n) is 9.23. The zero-order valence-electron chi connectivity index (χ0n) is 16.4. The number of benzene rings is 1. The molecule has 0 fully saturated rings. The maximum atomic E-state index is 13.2. The number of nitrogens with one attached hydrogen (secondary N) is 1. The number of carbonyl (C=O) groups excluding carboxylic acids is 1. The fraction of sp³-hybridized carbons (Fsp3) is 0.190. The number of nitrogens with zero attached hydrogens (tertiary/aromatic N) is 2. The first-order chi connectivity index (χ1) is 14.6. The maximum absolute atomic E-state index is 13.2. The Kier molecular flexibility index (Phi) is 6.21. The molecular formula is C21H19N3O3S3. The summed E-state index contributed by atoms with van der Waals surface area (Å²) in [5.41, 5.74) is 1.52. The molecular weight excluding hydrogens is 438 g/mol. The molecule has 30 heavy (non-hydrogen) atoms. The highest BCUT2D eigenvalue weighted by Gasteiger charge is 2.18. The third-order valence-corrected chi connectivity index (χ3v) is 7.20. The van der Waals surface area contributed by atoms with E-state index in [2.05, 4.69) is 5.32 Å². The first kappa shape index (κ1) is 20.6. The quantitative estimate of drug-likeness (QED) is 0.314. The number of hydrogen-bond acceptors (Lipinski definition) is 7. The van der Waals surface area contributed by atoms with Crippen LogP contribution in [0.3, 0.4) is 0 Å². The van der Waals surface area contributed by atoms with Gasteiger partial charge in [0, 0.05) is 34.1 Å². The number of fused-ring (bicyclic) bond motifs is 1. The van der Waals surface area contributed by atoms with Gasteiger partial charge in [-0.3, -0.25) is 14.2 Å².